The summed E-state index contributed by atoms with van der Waals surface area (Å²) < 4.78 is 10.1. The minimum atomic E-state index is -0.773. The van der Waals surface area contributed by atoms with Crippen molar-refractivity contribution in [1.29, 1.82) is 0 Å². The molecule has 0 bridgehead atoms. The summed E-state index contributed by atoms with van der Waals surface area (Å²) in [7, 11) is 3.16. The molecule has 2 N–H and O–H groups in total. The van der Waals surface area contributed by atoms with Gasteiger partial charge in [0.05, 0.1) is 13.2 Å². The summed E-state index contributed by atoms with van der Waals surface area (Å²) in [5.41, 5.74) is 5.33. The van der Waals surface area contributed by atoms with Crippen LogP contribution in [0.3, 0.4) is 0 Å². The van der Waals surface area contributed by atoms with Crippen LogP contribution in [0.5, 0.6) is 0 Å². The van der Waals surface area contributed by atoms with Gasteiger partial charge in [-0.2, -0.15) is 0 Å². The second kappa shape index (κ2) is 4.92. The van der Waals surface area contributed by atoms with E-state index in [4.69, 9.17) is 15.2 Å². The second-order valence-electron chi connectivity index (χ2n) is 5.19. The predicted octanol–water partition coefficient (Wildman–Crippen LogP) is 0.130. The highest BCUT2D eigenvalue weighted by atomic mass is 16.5. The minimum Gasteiger partial charge on any atom is -0.468 e. The van der Waals surface area contributed by atoms with Crippen LogP contribution in [0, 0.1) is 0 Å². The Morgan fingerprint density at radius 2 is 2.18 bits per heavy atom. The van der Waals surface area contributed by atoms with Gasteiger partial charge in [-0.3, -0.25) is 9.69 Å². The molecule has 17 heavy (non-hydrogen) atoms. The van der Waals surface area contributed by atoms with Crippen molar-refractivity contribution in [1.82, 2.24) is 4.90 Å². The Hall–Kier alpha value is -0.650. The summed E-state index contributed by atoms with van der Waals surface area (Å²) in [6.07, 6.45) is 3.81. The molecule has 1 saturated carbocycles. The number of esters is 1. The maximum Gasteiger partial charge on any atom is 0.325 e. The van der Waals surface area contributed by atoms with Gasteiger partial charge in [-0.25, -0.2) is 0 Å². The van der Waals surface area contributed by atoms with Gasteiger partial charge in [-0.05, 0) is 25.7 Å². The first kappa shape index (κ1) is 12.8. The van der Waals surface area contributed by atoms with Gasteiger partial charge in [0.1, 0.15) is 5.54 Å². The number of nitrogens with zero attached hydrogens (tertiary/aromatic N) is 1. The molecule has 0 aromatic rings. The number of rotatable bonds is 3. The van der Waals surface area contributed by atoms with Crippen LogP contribution in [0.15, 0.2) is 0 Å². The molecule has 5 nitrogen and oxygen atoms in total. The molecule has 0 radical (unpaired) electrons. The first-order chi connectivity index (χ1) is 8.09. The van der Waals surface area contributed by atoms with Gasteiger partial charge in [0.15, 0.2) is 0 Å². The average molecular weight is 242 g/mol. The second-order valence-corrected chi connectivity index (χ2v) is 5.19. The van der Waals surface area contributed by atoms with E-state index >= 15 is 0 Å². The Kier molecular flexibility index (Phi) is 3.70. The van der Waals surface area contributed by atoms with E-state index in [1.54, 1.807) is 7.11 Å². The van der Waals surface area contributed by atoms with Crippen molar-refractivity contribution >= 4 is 5.97 Å². The highest BCUT2D eigenvalue weighted by Gasteiger charge is 2.45. The molecule has 1 aliphatic heterocycles. The van der Waals surface area contributed by atoms with Gasteiger partial charge in [0.2, 0.25) is 0 Å². The van der Waals surface area contributed by atoms with Gasteiger partial charge in [-0.1, -0.05) is 0 Å². The van der Waals surface area contributed by atoms with Crippen molar-refractivity contribution in [2.24, 2.45) is 5.73 Å². The first-order valence-electron chi connectivity index (χ1n) is 6.23. The molecule has 2 rings (SSSR count). The molecule has 1 saturated heterocycles. The fourth-order valence-corrected chi connectivity index (χ4v) is 3.03. The molecule has 3 unspecified atom stereocenters. The largest absolute Gasteiger partial charge is 0.468 e. The summed E-state index contributed by atoms with van der Waals surface area (Å²) in [5.74, 6) is -0.275. The van der Waals surface area contributed by atoms with Crippen molar-refractivity contribution in [3.63, 3.8) is 0 Å². The molecule has 0 aromatic carbocycles. The maximum absolute atomic E-state index is 11.6. The Bertz CT molecular complexity index is 297. The van der Waals surface area contributed by atoms with Crippen molar-refractivity contribution in [2.45, 2.75) is 43.4 Å². The number of ether oxygens (including phenoxy) is 2. The molecule has 98 valence electrons. The van der Waals surface area contributed by atoms with Crippen LogP contribution < -0.4 is 5.73 Å². The van der Waals surface area contributed by atoms with Crippen LogP contribution in [0.4, 0.5) is 0 Å². The summed E-state index contributed by atoms with van der Waals surface area (Å²) in [5, 5.41) is 0. The zero-order valence-corrected chi connectivity index (χ0v) is 10.6. The average Bonchev–Trinajstić information content (AvgIpc) is 2.94. The standard InChI is InChI=1S/C12H22N2O3/c1-16-10-4-6-14(8-10)9-3-5-12(13,7-9)11(15)17-2/h9-10H,3-8,13H2,1-2H3. The Labute approximate surface area is 102 Å². The lowest BCUT2D eigenvalue weighted by Crippen LogP contribution is -2.48. The van der Waals surface area contributed by atoms with Crippen molar-refractivity contribution in [3.05, 3.63) is 0 Å². The maximum atomic E-state index is 11.6. The lowest BCUT2D eigenvalue weighted by molar-refractivity contribution is -0.146. The number of carbonyl (C=O) groups excluding carboxylic acids is 1. The van der Waals surface area contributed by atoms with Crippen LogP contribution in [-0.4, -0.2) is 55.9 Å². The summed E-state index contributed by atoms with van der Waals surface area (Å²) in [6.45, 7) is 2.00. The lowest BCUT2D eigenvalue weighted by atomic mass is 9.99. The smallest absolute Gasteiger partial charge is 0.325 e. The highest BCUT2D eigenvalue weighted by molar-refractivity contribution is 5.81. The SMILES string of the molecule is COC(=O)C1(N)CCC(N2CCC(OC)C2)C1. The Balaban J connectivity index is 1.92. The van der Waals surface area contributed by atoms with Crippen LogP contribution in [0.1, 0.15) is 25.7 Å². The van der Waals surface area contributed by atoms with E-state index in [1.165, 1.54) is 7.11 Å². The number of nitrogens with two attached hydrogens (primary N) is 1. The number of hydrogen-bond donors (Lipinski definition) is 1. The van der Waals surface area contributed by atoms with Gasteiger partial charge < -0.3 is 15.2 Å². The lowest BCUT2D eigenvalue weighted by Gasteiger charge is -2.26. The van der Waals surface area contributed by atoms with E-state index in [0.717, 1.165) is 32.4 Å². The minimum absolute atomic E-state index is 0.275. The monoisotopic (exact) mass is 242 g/mol. The number of likely N-dealkylation sites (tertiary alicyclic amines) is 1. The normalized spacial score (nSPS) is 38.5. The fourth-order valence-electron chi connectivity index (χ4n) is 3.03. The van der Waals surface area contributed by atoms with Crippen molar-refractivity contribution in [3.8, 4) is 0 Å². The third-order valence-corrected chi connectivity index (χ3v) is 4.14. The zero-order valence-electron chi connectivity index (χ0n) is 10.6. The molecule has 0 spiro atoms. The van der Waals surface area contributed by atoms with E-state index in [2.05, 4.69) is 4.90 Å². The molecule has 2 aliphatic rings. The molecule has 1 heterocycles. The molecule has 0 aromatic heterocycles. The van der Waals surface area contributed by atoms with E-state index in [9.17, 15) is 4.79 Å². The fraction of sp³-hybridized carbons (Fsp3) is 0.917. The van der Waals surface area contributed by atoms with Gasteiger partial charge in [0.25, 0.3) is 0 Å². The molecule has 5 heteroatoms. The third-order valence-electron chi connectivity index (χ3n) is 4.14. The summed E-state index contributed by atoms with van der Waals surface area (Å²) in [6, 6.07) is 0.402. The van der Waals surface area contributed by atoms with E-state index in [1.807, 2.05) is 0 Å². The zero-order chi connectivity index (χ0) is 12.5. The van der Waals surface area contributed by atoms with E-state index in [-0.39, 0.29) is 5.97 Å². The van der Waals surface area contributed by atoms with E-state index < -0.39 is 5.54 Å². The van der Waals surface area contributed by atoms with Gasteiger partial charge >= 0.3 is 5.97 Å². The van der Waals surface area contributed by atoms with E-state index in [0.29, 0.717) is 18.6 Å². The van der Waals surface area contributed by atoms with Gasteiger partial charge in [0, 0.05) is 26.2 Å². The first-order valence-corrected chi connectivity index (χ1v) is 6.23. The molecular weight excluding hydrogens is 220 g/mol. The van der Waals surface area contributed by atoms with Crippen LogP contribution in [0.25, 0.3) is 0 Å². The summed E-state index contributed by atoms with van der Waals surface area (Å²) >= 11 is 0. The van der Waals surface area contributed by atoms with Crippen molar-refractivity contribution < 1.29 is 14.3 Å². The Morgan fingerprint density at radius 3 is 2.76 bits per heavy atom. The molecule has 2 fully saturated rings. The van der Waals surface area contributed by atoms with Crippen LogP contribution in [0.2, 0.25) is 0 Å². The predicted molar refractivity (Wildman–Crippen MR) is 63.6 cm³/mol. The molecular formula is C12H22N2O3. The van der Waals surface area contributed by atoms with Gasteiger partial charge in [-0.15, -0.1) is 0 Å². The molecule has 1 aliphatic carbocycles. The number of hydrogen-bond acceptors (Lipinski definition) is 5. The number of methoxy groups -OCH3 is 2. The number of carbonyl (C=O) groups is 1. The summed E-state index contributed by atoms with van der Waals surface area (Å²) in [4.78, 5) is 14.0. The third kappa shape index (κ3) is 2.46. The van der Waals surface area contributed by atoms with Crippen molar-refractivity contribution in [2.75, 3.05) is 27.3 Å². The Morgan fingerprint density at radius 1 is 1.41 bits per heavy atom. The van der Waals surface area contributed by atoms with Crippen LogP contribution in [-0.2, 0) is 14.3 Å². The topological polar surface area (TPSA) is 64.8 Å². The highest BCUT2D eigenvalue weighted by Crippen LogP contribution is 2.34. The van der Waals surface area contributed by atoms with Crippen LogP contribution >= 0.6 is 0 Å². The molecule has 0 amide bonds. The quantitative estimate of drug-likeness (QED) is 0.713. The molecule has 3 atom stereocenters.